The molecule has 0 bridgehead atoms. The number of hydrogen-bond acceptors (Lipinski definition) is 3. The van der Waals surface area contributed by atoms with Gasteiger partial charge >= 0.3 is 6.18 Å². The van der Waals surface area contributed by atoms with Gasteiger partial charge in [-0.1, -0.05) is 17.7 Å². The number of ether oxygens (including phenoxy) is 2. The summed E-state index contributed by atoms with van der Waals surface area (Å²) in [5.41, 5.74) is 0.165. The molecule has 132 valence electrons. The van der Waals surface area contributed by atoms with E-state index in [9.17, 15) is 13.2 Å². The number of rotatable bonds is 3. The molecule has 0 aliphatic carbocycles. The van der Waals surface area contributed by atoms with Crippen molar-refractivity contribution in [2.75, 3.05) is 12.1 Å². The Morgan fingerprint density at radius 3 is 2.64 bits per heavy atom. The van der Waals surface area contributed by atoms with Gasteiger partial charge in [-0.3, -0.25) is 0 Å². The number of fused-ring (bicyclic) bond motifs is 1. The Kier molecular flexibility index (Phi) is 4.91. The number of hydrogen-bond donors (Lipinski definition) is 2. The Hall–Kier alpha value is -2.19. The monoisotopic (exact) mass is 388 g/mol. The molecule has 9 heteroatoms. The average molecular weight is 389 g/mol. The van der Waals surface area contributed by atoms with Crippen molar-refractivity contribution in [3.8, 4) is 11.5 Å². The van der Waals surface area contributed by atoms with E-state index in [2.05, 4.69) is 10.6 Å². The van der Waals surface area contributed by atoms with Crippen LogP contribution >= 0.6 is 23.8 Å². The molecule has 1 aliphatic heterocycles. The first kappa shape index (κ1) is 17.6. The van der Waals surface area contributed by atoms with Gasteiger partial charge in [-0.15, -0.1) is 0 Å². The minimum Gasteiger partial charge on any atom is -0.454 e. The molecule has 1 heterocycles. The molecule has 0 unspecified atom stereocenters. The van der Waals surface area contributed by atoms with Crippen LogP contribution in [0.2, 0.25) is 5.02 Å². The van der Waals surface area contributed by atoms with Crippen molar-refractivity contribution < 1.29 is 22.6 Å². The van der Waals surface area contributed by atoms with Gasteiger partial charge in [0.15, 0.2) is 16.6 Å². The van der Waals surface area contributed by atoms with Crippen molar-refractivity contribution in [1.82, 2.24) is 5.32 Å². The third-order valence-electron chi connectivity index (χ3n) is 3.42. The molecule has 2 aromatic rings. The highest BCUT2D eigenvalue weighted by atomic mass is 35.5. The summed E-state index contributed by atoms with van der Waals surface area (Å²) in [6, 6.07) is 8.94. The SMILES string of the molecule is FC(F)(F)c1cc(NC(=S)NCc2ccc3c(c2)OCO3)ccc1Cl. The summed E-state index contributed by atoms with van der Waals surface area (Å²) in [5.74, 6) is 1.32. The van der Waals surface area contributed by atoms with Crippen molar-refractivity contribution in [3.05, 3.63) is 52.5 Å². The molecule has 2 aromatic carbocycles. The van der Waals surface area contributed by atoms with Crippen molar-refractivity contribution in [3.63, 3.8) is 0 Å². The predicted octanol–water partition coefficient (Wildman–Crippen LogP) is 4.57. The highest BCUT2D eigenvalue weighted by Gasteiger charge is 2.33. The first-order valence-electron chi connectivity index (χ1n) is 7.13. The lowest BCUT2D eigenvalue weighted by molar-refractivity contribution is -0.137. The van der Waals surface area contributed by atoms with Gasteiger partial charge < -0.3 is 20.1 Å². The zero-order valence-electron chi connectivity index (χ0n) is 12.6. The number of anilines is 1. The lowest BCUT2D eigenvalue weighted by Gasteiger charge is -2.14. The summed E-state index contributed by atoms with van der Waals surface area (Å²) < 4.78 is 49.1. The van der Waals surface area contributed by atoms with E-state index in [1.165, 1.54) is 12.1 Å². The van der Waals surface area contributed by atoms with Crippen LogP contribution in [-0.4, -0.2) is 11.9 Å². The first-order chi connectivity index (χ1) is 11.8. The summed E-state index contributed by atoms with van der Waals surface area (Å²) >= 11 is 10.7. The minimum absolute atomic E-state index is 0.185. The number of halogens is 4. The molecule has 0 radical (unpaired) electrons. The van der Waals surface area contributed by atoms with Crippen LogP contribution in [0.3, 0.4) is 0 Å². The van der Waals surface area contributed by atoms with Crippen molar-refractivity contribution in [1.29, 1.82) is 0 Å². The van der Waals surface area contributed by atoms with E-state index in [-0.39, 0.29) is 22.6 Å². The third kappa shape index (κ3) is 4.26. The molecule has 25 heavy (non-hydrogen) atoms. The Morgan fingerprint density at radius 1 is 1.12 bits per heavy atom. The van der Waals surface area contributed by atoms with Gasteiger partial charge in [-0.25, -0.2) is 0 Å². The molecule has 0 atom stereocenters. The van der Waals surface area contributed by atoms with Gasteiger partial charge in [0.1, 0.15) is 0 Å². The van der Waals surface area contributed by atoms with Crippen molar-refractivity contribution >= 4 is 34.6 Å². The van der Waals surface area contributed by atoms with Crippen LogP contribution in [0.25, 0.3) is 0 Å². The zero-order valence-corrected chi connectivity index (χ0v) is 14.2. The molecule has 0 amide bonds. The van der Waals surface area contributed by atoms with Crippen LogP contribution < -0.4 is 20.1 Å². The summed E-state index contributed by atoms with van der Waals surface area (Å²) in [6.07, 6.45) is -4.53. The second-order valence-corrected chi connectivity index (χ2v) is 6.00. The Morgan fingerprint density at radius 2 is 1.88 bits per heavy atom. The van der Waals surface area contributed by atoms with Crippen molar-refractivity contribution in [2.24, 2.45) is 0 Å². The highest BCUT2D eigenvalue weighted by Crippen LogP contribution is 2.36. The summed E-state index contributed by atoms with van der Waals surface area (Å²) in [5, 5.41) is 5.46. The number of benzene rings is 2. The van der Waals surface area contributed by atoms with Gasteiger partial charge in [-0.05, 0) is 48.1 Å². The number of alkyl halides is 3. The standard InChI is InChI=1S/C16H12ClF3N2O2S/c17-12-3-2-10(6-11(12)16(18,19)20)22-15(25)21-7-9-1-4-13-14(5-9)24-8-23-13/h1-6H,7-8H2,(H2,21,22,25). The zero-order chi connectivity index (χ0) is 18.0. The van der Waals surface area contributed by atoms with Gasteiger partial charge in [0.2, 0.25) is 6.79 Å². The lowest BCUT2D eigenvalue weighted by Crippen LogP contribution is -2.28. The van der Waals surface area contributed by atoms with Gasteiger partial charge in [-0.2, -0.15) is 13.2 Å². The second kappa shape index (κ2) is 6.97. The molecule has 1 aliphatic rings. The molecule has 0 spiro atoms. The van der Waals surface area contributed by atoms with Gasteiger partial charge in [0, 0.05) is 12.2 Å². The van der Waals surface area contributed by atoms with E-state index >= 15 is 0 Å². The summed E-state index contributed by atoms with van der Waals surface area (Å²) in [6.45, 7) is 0.562. The van der Waals surface area contributed by atoms with E-state index in [1.54, 1.807) is 6.07 Å². The van der Waals surface area contributed by atoms with E-state index in [0.29, 0.717) is 18.0 Å². The fraction of sp³-hybridized carbons (Fsp3) is 0.188. The maximum absolute atomic E-state index is 12.9. The van der Waals surface area contributed by atoms with Crippen LogP contribution in [0, 0.1) is 0 Å². The van der Waals surface area contributed by atoms with Crippen LogP contribution in [0.15, 0.2) is 36.4 Å². The van der Waals surface area contributed by atoms with Crippen LogP contribution in [0.4, 0.5) is 18.9 Å². The molecular weight excluding hydrogens is 377 g/mol. The Bertz CT molecular complexity index is 814. The smallest absolute Gasteiger partial charge is 0.417 e. The first-order valence-corrected chi connectivity index (χ1v) is 7.92. The maximum Gasteiger partial charge on any atom is 0.417 e. The molecule has 3 rings (SSSR count). The summed E-state index contributed by atoms with van der Waals surface area (Å²) in [7, 11) is 0. The lowest BCUT2D eigenvalue weighted by atomic mass is 10.2. The second-order valence-electron chi connectivity index (χ2n) is 5.19. The molecule has 2 N–H and O–H groups in total. The fourth-order valence-electron chi connectivity index (χ4n) is 2.23. The summed E-state index contributed by atoms with van der Waals surface area (Å²) in [4.78, 5) is 0. The molecule has 0 fully saturated rings. The Balaban J connectivity index is 1.61. The quantitative estimate of drug-likeness (QED) is 0.754. The third-order valence-corrected chi connectivity index (χ3v) is 4.00. The van der Waals surface area contributed by atoms with E-state index in [1.807, 2.05) is 12.1 Å². The number of thiocarbonyl (C=S) groups is 1. The van der Waals surface area contributed by atoms with Crippen LogP contribution in [-0.2, 0) is 12.7 Å². The van der Waals surface area contributed by atoms with Crippen molar-refractivity contribution in [2.45, 2.75) is 12.7 Å². The molecule has 0 saturated carbocycles. The molecular formula is C16H12ClF3N2O2S. The van der Waals surface area contributed by atoms with Crippen LogP contribution in [0.5, 0.6) is 11.5 Å². The van der Waals surface area contributed by atoms with E-state index in [4.69, 9.17) is 33.3 Å². The number of nitrogens with one attached hydrogen (secondary N) is 2. The highest BCUT2D eigenvalue weighted by molar-refractivity contribution is 7.80. The van der Waals surface area contributed by atoms with E-state index in [0.717, 1.165) is 11.6 Å². The normalized spacial score (nSPS) is 12.8. The molecule has 0 aromatic heterocycles. The van der Waals surface area contributed by atoms with E-state index < -0.39 is 11.7 Å². The maximum atomic E-state index is 12.9. The molecule has 4 nitrogen and oxygen atoms in total. The fourth-order valence-corrected chi connectivity index (χ4v) is 2.64. The topological polar surface area (TPSA) is 42.5 Å². The van der Waals surface area contributed by atoms with Gasteiger partial charge in [0.05, 0.1) is 10.6 Å². The predicted molar refractivity (Wildman–Crippen MR) is 92.1 cm³/mol. The van der Waals surface area contributed by atoms with Crippen LogP contribution in [0.1, 0.15) is 11.1 Å². The minimum atomic E-state index is -4.53. The average Bonchev–Trinajstić information content (AvgIpc) is 3.01. The van der Waals surface area contributed by atoms with Gasteiger partial charge in [0.25, 0.3) is 0 Å². The Labute approximate surface area is 151 Å². The molecule has 0 saturated heterocycles. The largest absolute Gasteiger partial charge is 0.454 e.